The summed E-state index contributed by atoms with van der Waals surface area (Å²) in [5.41, 5.74) is 0. The summed E-state index contributed by atoms with van der Waals surface area (Å²) in [6.07, 6.45) is -5.07. The van der Waals surface area contributed by atoms with Gasteiger partial charge in [-0.05, 0) is 0 Å². The Hall–Kier alpha value is -1.61. The maximum absolute atomic E-state index is 12.6. The first-order chi connectivity index (χ1) is 10.4. The number of halogens is 4. The summed E-state index contributed by atoms with van der Waals surface area (Å²) in [7, 11) is 1.26. The standard InChI is InChI=1S/C15H13F3IO3/c1-21-19(12-8-4-2-5-9-12,13-10-6-3-7-11-13)22-14(20)15(16,17)18/h2-11H,1H3/q+1. The van der Waals surface area contributed by atoms with Crippen molar-refractivity contribution in [2.75, 3.05) is 7.11 Å². The van der Waals surface area contributed by atoms with Gasteiger partial charge in [0.05, 0.1) is 0 Å². The summed E-state index contributed by atoms with van der Waals surface area (Å²) >= 11 is -4.30. The zero-order valence-electron chi connectivity index (χ0n) is 11.5. The molecule has 0 aliphatic carbocycles. The van der Waals surface area contributed by atoms with Crippen LogP contribution in [0.15, 0.2) is 60.7 Å². The third-order valence-electron chi connectivity index (χ3n) is 2.67. The van der Waals surface area contributed by atoms with E-state index < -0.39 is 31.4 Å². The molecular weight excluding hydrogens is 412 g/mol. The Morgan fingerprint density at radius 2 is 1.32 bits per heavy atom. The zero-order chi connectivity index (χ0) is 16.2. The van der Waals surface area contributed by atoms with Gasteiger partial charge in [-0.25, -0.2) is 0 Å². The predicted molar refractivity (Wildman–Crippen MR) is 69.4 cm³/mol. The van der Waals surface area contributed by atoms with E-state index in [1.54, 1.807) is 60.7 Å². The van der Waals surface area contributed by atoms with Gasteiger partial charge in [-0.3, -0.25) is 0 Å². The first kappa shape index (κ1) is 16.8. The molecule has 118 valence electrons. The second-order valence-corrected chi connectivity index (χ2v) is 10.5. The van der Waals surface area contributed by atoms with E-state index in [0.717, 1.165) is 0 Å². The normalized spacial score (nSPS) is 12.7. The van der Waals surface area contributed by atoms with Crippen molar-refractivity contribution in [2.45, 2.75) is 6.18 Å². The number of carbonyl (C=O) groups is 1. The summed E-state index contributed by atoms with van der Waals surface area (Å²) < 4.78 is 49.2. The molecule has 0 N–H and O–H groups in total. The Bertz CT molecular complexity index is 590. The molecule has 0 heterocycles. The van der Waals surface area contributed by atoms with Gasteiger partial charge in [0.1, 0.15) is 0 Å². The summed E-state index contributed by atoms with van der Waals surface area (Å²) in [5, 5.41) is 0. The van der Waals surface area contributed by atoms with Crippen LogP contribution in [0.1, 0.15) is 0 Å². The SMILES string of the molecule is CO[I+](OC(=O)C(F)(F)F)(c1ccccc1)c1ccccc1. The van der Waals surface area contributed by atoms with Gasteiger partial charge in [-0.1, -0.05) is 0 Å². The zero-order valence-corrected chi connectivity index (χ0v) is 13.7. The minimum atomic E-state index is -5.07. The van der Waals surface area contributed by atoms with Crippen LogP contribution in [0.4, 0.5) is 13.2 Å². The van der Waals surface area contributed by atoms with Crippen LogP contribution in [-0.4, -0.2) is 19.3 Å². The van der Waals surface area contributed by atoms with Crippen molar-refractivity contribution in [1.29, 1.82) is 0 Å². The molecule has 0 bridgehead atoms. The average molecular weight is 425 g/mol. The fraction of sp³-hybridized carbons (Fsp3) is 0.133. The molecule has 0 aromatic heterocycles. The van der Waals surface area contributed by atoms with Crippen molar-refractivity contribution in [3.63, 3.8) is 0 Å². The van der Waals surface area contributed by atoms with Crippen molar-refractivity contribution in [3.8, 4) is 0 Å². The molecule has 2 rings (SSSR count). The fourth-order valence-corrected chi connectivity index (χ4v) is 7.69. The Kier molecular flexibility index (Phi) is 5.07. The molecular formula is C15H13F3IO3+. The van der Waals surface area contributed by atoms with Crippen LogP contribution in [0.3, 0.4) is 0 Å². The molecule has 0 fully saturated rings. The van der Waals surface area contributed by atoms with Crippen molar-refractivity contribution >= 4 is 5.97 Å². The van der Waals surface area contributed by atoms with Crippen molar-refractivity contribution in [3.05, 3.63) is 67.8 Å². The van der Waals surface area contributed by atoms with E-state index in [9.17, 15) is 18.0 Å². The van der Waals surface area contributed by atoms with Gasteiger partial charge in [0, 0.05) is 0 Å². The molecule has 0 aliphatic heterocycles. The van der Waals surface area contributed by atoms with Gasteiger partial charge in [0.2, 0.25) is 0 Å². The molecule has 0 radical (unpaired) electrons. The molecule has 0 unspecified atom stereocenters. The molecule has 0 saturated carbocycles. The Morgan fingerprint density at radius 3 is 1.64 bits per heavy atom. The van der Waals surface area contributed by atoms with Crippen molar-refractivity contribution < 1.29 is 43.4 Å². The van der Waals surface area contributed by atoms with Gasteiger partial charge in [0.15, 0.2) is 0 Å². The molecule has 3 nitrogen and oxygen atoms in total. The van der Waals surface area contributed by atoms with E-state index in [1.807, 2.05) is 0 Å². The third-order valence-corrected chi connectivity index (χ3v) is 9.65. The number of alkyl halides is 3. The van der Waals surface area contributed by atoms with Gasteiger partial charge < -0.3 is 0 Å². The predicted octanol–water partition coefficient (Wildman–Crippen LogP) is 0.468. The van der Waals surface area contributed by atoms with Gasteiger partial charge in [-0.15, -0.1) is 0 Å². The first-order valence-electron chi connectivity index (χ1n) is 6.14. The summed E-state index contributed by atoms with van der Waals surface area (Å²) in [6.45, 7) is 0. The number of benzene rings is 2. The average Bonchev–Trinajstić information content (AvgIpc) is 2.53. The van der Waals surface area contributed by atoms with Crippen LogP contribution in [0.2, 0.25) is 0 Å². The van der Waals surface area contributed by atoms with Crippen LogP contribution in [-0.2, 0) is 10.9 Å². The number of hydrogen-bond acceptors (Lipinski definition) is 3. The maximum atomic E-state index is 12.6. The number of carbonyl (C=O) groups excluding carboxylic acids is 1. The van der Waals surface area contributed by atoms with E-state index in [0.29, 0.717) is 7.14 Å². The van der Waals surface area contributed by atoms with Crippen LogP contribution < -0.4 is 19.3 Å². The van der Waals surface area contributed by atoms with E-state index in [1.165, 1.54) is 7.11 Å². The summed E-state index contributed by atoms with van der Waals surface area (Å²) in [4.78, 5) is 11.4. The van der Waals surface area contributed by atoms with Crippen LogP contribution >= 0.6 is 0 Å². The monoisotopic (exact) mass is 425 g/mol. The number of hydrogen-bond donors (Lipinski definition) is 0. The Balaban J connectivity index is 2.56. The number of rotatable bonds is 4. The molecule has 0 atom stereocenters. The van der Waals surface area contributed by atoms with E-state index >= 15 is 0 Å². The van der Waals surface area contributed by atoms with Crippen LogP contribution in [0.25, 0.3) is 0 Å². The second kappa shape index (κ2) is 6.66. The van der Waals surface area contributed by atoms with Crippen molar-refractivity contribution in [1.82, 2.24) is 0 Å². The van der Waals surface area contributed by atoms with Gasteiger partial charge in [-0.2, -0.15) is 0 Å². The minimum absolute atomic E-state index is 0.459. The molecule has 2 aromatic carbocycles. The van der Waals surface area contributed by atoms with Crippen molar-refractivity contribution in [2.24, 2.45) is 0 Å². The topological polar surface area (TPSA) is 35.5 Å². The first-order valence-corrected chi connectivity index (χ1v) is 10.1. The van der Waals surface area contributed by atoms with E-state index in [-0.39, 0.29) is 0 Å². The Labute approximate surface area is 130 Å². The van der Waals surface area contributed by atoms with Crippen LogP contribution in [0.5, 0.6) is 0 Å². The van der Waals surface area contributed by atoms with Gasteiger partial charge >= 0.3 is 130 Å². The molecule has 0 spiro atoms. The van der Waals surface area contributed by atoms with Crippen LogP contribution in [0, 0.1) is 7.14 Å². The molecule has 2 aromatic rings. The Morgan fingerprint density at radius 1 is 0.909 bits per heavy atom. The summed E-state index contributed by atoms with van der Waals surface area (Å²) in [5.74, 6) is -2.24. The quantitative estimate of drug-likeness (QED) is 0.669. The van der Waals surface area contributed by atoms with Gasteiger partial charge in [0.25, 0.3) is 0 Å². The van der Waals surface area contributed by atoms with E-state index in [4.69, 9.17) is 6.13 Å². The third kappa shape index (κ3) is 3.41. The molecule has 0 aliphatic rings. The summed E-state index contributed by atoms with van der Waals surface area (Å²) in [6, 6.07) is 16.5. The molecule has 0 saturated heterocycles. The molecule has 7 heteroatoms. The second-order valence-electron chi connectivity index (χ2n) is 4.07. The van der Waals surface area contributed by atoms with E-state index in [2.05, 4.69) is 0 Å². The molecule has 0 amide bonds. The molecule has 22 heavy (non-hydrogen) atoms. The fourth-order valence-electron chi connectivity index (χ4n) is 1.73.